The number of hydrogen-bond donors (Lipinski definition) is 0. The van der Waals surface area contributed by atoms with E-state index < -0.39 is 12.0 Å². The second-order valence-corrected chi connectivity index (χ2v) is 8.87. The molecule has 3 aromatic rings. The summed E-state index contributed by atoms with van der Waals surface area (Å²) in [5, 5.41) is 0. The van der Waals surface area contributed by atoms with Crippen LogP contribution in [0.1, 0.15) is 24.1 Å². The van der Waals surface area contributed by atoms with Crippen LogP contribution in [0.25, 0.3) is 6.08 Å². The van der Waals surface area contributed by atoms with E-state index in [1.54, 1.807) is 11.5 Å². The summed E-state index contributed by atoms with van der Waals surface area (Å²) in [6.45, 7) is 5.47. The van der Waals surface area contributed by atoms with Crippen molar-refractivity contribution < 1.29 is 9.53 Å². The van der Waals surface area contributed by atoms with Gasteiger partial charge in [0, 0.05) is 19.8 Å². The quantitative estimate of drug-likeness (QED) is 0.420. The number of aromatic nitrogens is 1. The van der Waals surface area contributed by atoms with Gasteiger partial charge in [0.05, 0.1) is 21.8 Å². The lowest BCUT2D eigenvalue weighted by molar-refractivity contribution is -0.138. The lowest BCUT2D eigenvalue weighted by Gasteiger charge is -2.24. The van der Waals surface area contributed by atoms with Crippen LogP contribution in [-0.2, 0) is 9.53 Å². The summed E-state index contributed by atoms with van der Waals surface area (Å²) in [5.74, 6) is -0.501. The van der Waals surface area contributed by atoms with Crippen LogP contribution in [0.4, 0.5) is 5.69 Å². The van der Waals surface area contributed by atoms with Crippen LogP contribution in [0.15, 0.2) is 88.3 Å². The van der Waals surface area contributed by atoms with E-state index in [0.717, 1.165) is 16.8 Å². The van der Waals surface area contributed by atoms with Crippen molar-refractivity contribution in [3.05, 3.63) is 109 Å². The van der Waals surface area contributed by atoms with Crippen LogP contribution < -0.4 is 19.8 Å². The van der Waals surface area contributed by atoms with Crippen LogP contribution in [0.3, 0.4) is 0 Å². The average Bonchev–Trinajstić information content (AvgIpc) is 3.11. The van der Waals surface area contributed by atoms with Gasteiger partial charge in [0.1, 0.15) is 6.61 Å². The van der Waals surface area contributed by atoms with Crippen molar-refractivity contribution in [3.8, 4) is 0 Å². The molecule has 0 spiro atoms. The highest BCUT2D eigenvalue weighted by Crippen LogP contribution is 2.30. The summed E-state index contributed by atoms with van der Waals surface area (Å²) in [6.07, 6.45) is 3.38. The number of benzene rings is 2. The third-order valence-corrected chi connectivity index (χ3v) is 6.38. The zero-order valence-electron chi connectivity index (χ0n) is 18.8. The molecule has 1 aromatic heterocycles. The smallest absolute Gasteiger partial charge is 0.338 e. The molecule has 0 saturated carbocycles. The Kier molecular flexibility index (Phi) is 6.42. The number of fused-ring (bicyclic) bond motifs is 1. The summed E-state index contributed by atoms with van der Waals surface area (Å²) in [7, 11) is 3.97. The molecule has 33 heavy (non-hydrogen) atoms. The van der Waals surface area contributed by atoms with E-state index in [9.17, 15) is 9.59 Å². The van der Waals surface area contributed by atoms with E-state index in [1.165, 1.54) is 17.4 Å². The summed E-state index contributed by atoms with van der Waals surface area (Å²) in [6, 6.07) is 16.8. The molecule has 1 unspecified atom stereocenters. The highest BCUT2D eigenvalue weighted by molar-refractivity contribution is 7.07. The predicted octanol–water partition coefficient (Wildman–Crippen LogP) is 3.03. The van der Waals surface area contributed by atoms with E-state index >= 15 is 0 Å². The first-order valence-corrected chi connectivity index (χ1v) is 11.3. The van der Waals surface area contributed by atoms with Gasteiger partial charge < -0.3 is 9.64 Å². The van der Waals surface area contributed by atoms with E-state index in [1.807, 2.05) is 79.7 Å². The van der Waals surface area contributed by atoms with E-state index in [0.29, 0.717) is 20.6 Å². The van der Waals surface area contributed by atoms with E-state index in [2.05, 4.69) is 11.6 Å². The Morgan fingerprint density at radius 2 is 1.88 bits per heavy atom. The number of ether oxygens (including phenoxy) is 1. The third-order valence-electron chi connectivity index (χ3n) is 5.40. The first-order valence-electron chi connectivity index (χ1n) is 10.5. The molecule has 6 nitrogen and oxygen atoms in total. The Labute approximate surface area is 196 Å². The fraction of sp³-hybridized carbons (Fsp3) is 0.192. The Morgan fingerprint density at radius 3 is 2.52 bits per heavy atom. The van der Waals surface area contributed by atoms with E-state index in [-0.39, 0.29) is 12.2 Å². The number of rotatable bonds is 6. The Balaban J connectivity index is 1.87. The predicted molar refractivity (Wildman–Crippen MR) is 132 cm³/mol. The topological polar surface area (TPSA) is 63.9 Å². The second-order valence-electron chi connectivity index (χ2n) is 7.87. The largest absolute Gasteiger partial charge is 0.458 e. The molecule has 2 aromatic carbocycles. The number of hydrogen-bond acceptors (Lipinski definition) is 6. The molecule has 0 radical (unpaired) electrons. The Morgan fingerprint density at radius 1 is 1.18 bits per heavy atom. The molecule has 0 amide bonds. The molecule has 7 heteroatoms. The SMILES string of the molecule is C=CCOC(=O)C1=C(C)N=c2sc(=Cc3ccc(N(C)C)cc3)c(=O)n2C1c1ccccc1. The minimum absolute atomic E-state index is 0.0878. The summed E-state index contributed by atoms with van der Waals surface area (Å²) in [4.78, 5) is 33.7. The monoisotopic (exact) mass is 459 g/mol. The molecule has 2 heterocycles. The van der Waals surface area contributed by atoms with Gasteiger partial charge in [-0.05, 0) is 36.3 Å². The normalized spacial score (nSPS) is 15.6. The maximum absolute atomic E-state index is 13.5. The number of carbonyl (C=O) groups is 1. The van der Waals surface area contributed by atoms with Crippen molar-refractivity contribution in [3.63, 3.8) is 0 Å². The fourth-order valence-corrected chi connectivity index (χ4v) is 4.81. The van der Waals surface area contributed by atoms with Gasteiger partial charge in [-0.3, -0.25) is 9.36 Å². The van der Waals surface area contributed by atoms with Crippen molar-refractivity contribution in [1.29, 1.82) is 0 Å². The average molecular weight is 460 g/mol. The minimum Gasteiger partial charge on any atom is -0.458 e. The second kappa shape index (κ2) is 9.42. The minimum atomic E-state index is -0.613. The molecule has 1 aliphatic rings. The van der Waals surface area contributed by atoms with Crippen molar-refractivity contribution in [2.45, 2.75) is 13.0 Å². The fourth-order valence-electron chi connectivity index (χ4n) is 3.77. The van der Waals surface area contributed by atoms with Crippen molar-refractivity contribution in [1.82, 2.24) is 4.57 Å². The van der Waals surface area contributed by atoms with Crippen molar-refractivity contribution >= 4 is 29.1 Å². The molecular formula is C26H25N3O3S. The molecule has 0 N–H and O–H groups in total. The molecule has 0 fully saturated rings. The van der Waals surface area contributed by atoms with Crippen LogP contribution in [-0.4, -0.2) is 31.2 Å². The van der Waals surface area contributed by atoms with Gasteiger partial charge >= 0.3 is 5.97 Å². The first kappa shape index (κ1) is 22.5. The van der Waals surface area contributed by atoms with Crippen LogP contribution in [0.5, 0.6) is 0 Å². The first-order chi connectivity index (χ1) is 15.9. The van der Waals surface area contributed by atoms with Crippen molar-refractivity contribution in [2.24, 2.45) is 4.99 Å². The lowest BCUT2D eigenvalue weighted by Crippen LogP contribution is -2.39. The van der Waals surface area contributed by atoms with Crippen LogP contribution in [0, 0.1) is 0 Å². The van der Waals surface area contributed by atoms with Gasteiger partial charge in [0.25, 0.3) is 5.56 Å². The zero-order valence-corrected chi connectivity index (χ0v) is 19.6. The number of carbonyl (C=O) groups excluding carboxylic acids is 1. The van der Waals surface area contributed by atoms with Gasteiger partial charge in [-0.2, -0.15) is 0 Å². The van der Waals surface area contributed by atoms with Crippen molar-refractivity contribution in [2.75, 3.05) is 25.6 Å². The molecule has 0 bridgehead atoms. The molecule has 1 atom stereocenters. The molecule has 1 aliphatic heterocycles. The molecular weight excluding hydrogens is 434 g/mol. The summed E-state index contributed by atoms with van der Waals surface area (Å²) >= 11 is 1.32. The zero-order chi connectivity index (χ0) is 23.5. The number of nitrogens with zero attached hydrogens (tertiary/aromatic N) is 3. The Hall–Kier alpha value is -3.71. The maximum Gasteiger partial charge on any atom is 0.338 e. The van der Waals surface area contributed by atoms with Crippen LogP contribution >= 0.6 is 11.3 Å². The molecule has 4 rings (SSSR count). The number of esters is 1. The molecule has 168 valence electrons. The Bertz CT molecular complexity index is 1400. The standard InChI is InChI=1S/C26H25N3O3S/c1-5-15-32-25(31)22-17(2)27-26-29(23(22)19-9-7-6-8-10-19)24(30)21(33-26)16-18-11-13-20(14-12-18)28(3)4/h5-14,16,23H,1,15H2,2-4H3. The van der Waals surface area contributed by atoms with Gasteiger partial charge in [-0.25, -0.2) is 9.79 Å². The lowest BCUT2D eigenvalue weighted by atomic mass is 9.96. The van der Waals surface area contributed by atoms with Gasteiger partial charge in [0.2, 0.25) is 0 Å². The highest BCUT2D eigenvalue weighted by Gasteiger charge is 2.33. The highest BCUT2D eigenvalue weighted by atomic mass is 32.1. The molecule has 0 aliphatic carbocycles. The third kappa shape index (κ3) is 4.45. The maximum atomic E-state index is 13.5. The summed E-state index contributed by atoms with van der Waals surface area (Å²) < 4.78 is 7.49. The van der Waals surface area contributed by atoms with Gasteiger partial charge in [0.15, 0.2) is 4.80 Å². The number of thiazole rings is 1. The summed E-state index contributed by atoms with van der Waals surface area (Å²) in [5.41, 5.74) is 3.53. The number of anilines is 1. The van der Waals surface area contributed by atoms with Crippen LogP contribution in [0.2, 0.25) is 0 Å². The number of allylic oxidation sites excluding steroid dienone is 1. The molecule has 0 saturated heterocycles. The van der Waals surface area contributed by atoms with Gasteiger partial charge in [-0.1, -0.05) is 66.5 Å². The van der Waals surface area contributed by atoms with Gasteiger partial charge in [-0.15, -0.1) is 0 Å². The van der Waals surface area contributed by atoms with E-state index in [4.69, 9.17) is 4.74 Å².